The summed E-state index contributed by atoms with van der Waals surface area (Å²) in [7, 11) is 0. The minimum atomic E-state index is 1.12. The van der Waals surface area contributed by atoms with Gasteiger partial charge in [-0.2, -0.15) is 0 Å². The van der Waals surface area contributed by atoms with Crippen molar-refractivity contribution in [3.05, 3.63) is 70.7 Å². The minimum absolute atomic E-state index is 1.12. The van der Waals surface area contributed by atoms with Crippen molar-refractivity contribution in [2.45, 2.75) is 71.6 Å². The zero-order valence-corrected chi connectivity index (χ0v) is 28.4. The number of rotatable bonds is 14. The predicted molar refractivity (Wildman–Crippen MR) is 188 cm³/mol. The topological polar surface area (TPSA) is 25.8 Å². The first-order valence-corrected chi connectivity index (χ1v) is 19.3. The van der Waals surface area contributed by atoms with E-state index < -0.39 is 0 Å². The molecule has 0 saturated heterocycles. The highest BCUT2D eigenvalue weighted by Crippen LogP contribution is 2.45. The fourth-order valence-electron chi connectivity index (χ4n) is 4.81. The Kier molecular flexibility index (Phi) is 9.97. The number of thiazole rings is 2. The third-order valence-electron chi connectivity index (χ3n) is 7.03. The summed E-state index contributed by atoms with van der Waals surface area (Å²) in [4.78, 5) is 22.5. The van der Waals surface area contributed by atoms with Crippen LogP contribution < -0.4 is 0 Å². The van der Waals surface area contributed by atoms with Gasteiger partial charge in [-0.05, 0) is 68.3 Å². The van der Waals surface area contributed by atoms with Gasteiger partial charge in [-0.25, -0.2) is 9.97 Å². The van der Waals surface area contributed by atoms with Crippen LogP contribution in [0, 0.1) is 6.92 Å². The van der Waals surface area contributed by atoms with E-state index in [1.165, 1.54) is 112 Å². The highest BCUT2D eigenvalue weighted by atomic mass is 32.1. The molecule has 6 rings (SSSR count). The summed E-state index contributed by atoms with van der Waals surface area (Å²) >= 11 is 11.1. The lowest BCUT2D eigenvalue weighted by Crippen LogP contribution is -1.83. The molecule has 0 fully saturated rings. The van der Waals surface area contributed by atoms with Crippen molar-refractivity contribution in [1.29, 1.82) is 0 Å². The molecule has 6 aromatic rings. The van der Waals surface area contributed by atoms with E-state index in [0.29, 0.717) is 0 Å². The standard InChI is InChI=1S/C33H34N2S6/c1-3-4-5-6-7-8-9-10-11-23-21-35-33(37-23)31-19-17-29(41-31)27-15-13-25(39-27)24-12-14-26(38-24)28-16-18-30(40-28)32-34-20-22(2)36-32/h12-21H,3-11H2,1-2H3. The van der Waals surface area contributed by atoms with Crippen LogP contribution in [0.5, 0.6) is 0 Å². The zero-order chi connectivity index (χ0) is 28.0. The Labute approximate surface area is 267 Å². The van der Waals surface area contributed by atoms with Crippen LogP contribution >= 0.6 is 68.0 Å². The molecule has 0 aliphatic carbocycles. The lowest BCUT2D eigenvalue weighted by Gasteiger charge is -2.00. The van der Waals surface area contributed by atoms with Crippen LogP contribution in [-0.4, -0.2) is 9.97 Å². The van der Waals surface area contributed by atoms with Gasteiger partial charge in [0.2, 0.25) is 0 Å². The van der Waals surface area contributed by atoms with E-state index in [-0.39, 0.29) is 0 Å². The van der Waals surface area contributed by atoms with Crippen molar-refractivity contribution in [3.8, 4) is 49.0 Å². The van der Waals surface area contributed by atoms with Crippen molar-refractivity contribution in [2.24, 2.45) is 0 Å². The summed E-state index contributed by atoms with van der Waals surface area (Å²) < 4.78 is 0. The molecule has 0 bridgehead atoms. The van der Waals surface area contributed by atoms with Gasteiger partial charge in [-0.1, -0.05) is 51.9 Å². The van der Waals surface area contributed by atoms with Gasteiger partial charge in [0.1, 0.15) is 10.0 Å². The third kappa shape index (κ3) is 7.35. The quantitative estimate of drug-likeness (QED) is 0.110. The molecule has 212 valence electrons. The molecule has 0 aromatic carbocycles. The second-order valence-electron chi connectivity index (χ2n) is 10.3. The maximum absolute atomic E-state index is 4.78. The second-order valence-corrected chi connectivity index (χ2v) is 17.0. The molecule has 6 aromatic heterocycles. The van der Waals surface area contributed by atoms with Gasteiger partial charge in [-0.15, -0.1) is 68.0 Å². The number of aryl methyl sites for hydroxylation is 2. The Balaban J connectivity index is 1.05. The summed E-state index contributed by atoms with van der Waals surface area (Å²) in [5.74, 6) is 0. The molecule has 0 unspecified atom stereocenters. The molecular weight excluding hydrogens is 617 g/mol. The van der Waals surface area contributed by atoms with Crippen molar-refractivity contribution in [1.82, 2.24) is 9.97 Å². The number of aromatic nitrogens is 2. The van der Waals surface area contributed by atoms with E-state index in [2.05, 4.69) is 73.6 Å². The van der Waals surface area contributed by atoms with Crippen molar-refractivity contribution in [2.75, 3.05) is 0 Å². The van der Waals surface area contributed by atoms with E-state index in [4.69, 9.17) is 4.98 Å². The number of hydrogen-bond donors (Lipinski definition) is 0. The van der Waals surface area contributed by atoms with Crippen LogP contribution in [0.3, 0.4) is 0 Å². The fraction of sp³-hybridized carbons (Fsp3) is 0.333. The normalized spacial score (nSPS) is 11.6. The average molecular weight is 651 g/mol. The van der Waals surface area contributed by atoms with Crippen LogP contribution in [-0.2, 0) is 6.42 Å². The first-order chi connectivity index (χ1) is 20.2. The van der Waals surface area contributed by atoms with Gasteiger partial charge in [0.05, 0.1) is 9.75 Å². The summed E-state index contributed by atoms with van der Waals surface area (Å²) in [5, 5.41) is 2.28. The van der Waals surface area contributed by atoms with E-state index >= 15 is 0 Å². The van der Waals surface area contributed by atoms with Crippen LogP contribution in [0.2, 0.25) is 0 Å². The van der Waals surface area contributed by atoms with E-state index in [1.54, 1.807) is 11.3 Å². The molecule has 41 heavy (non-hydrogen) atoms. The monoisotopic (exact) mass is 650 g/mol. The molecule has 0 saturated carbocycles. The maximum atomic E-state index is 4.78. The molecule has 0 radical (unpaired) electrons. The first-order valence-electron chi connectivity index (χ1n) is 14.4. The molecule has 0 aliphatic heterocycles. The van der Waals surface area contributed by atoms with Crippen molar-refractivity contribution < 1.29 is 0 Å². The second kappa shape index (κ2) is 14.0. The fourth-order valence-corrected chi connectivity index (χ4v) is 11.0. The lowest BCUT2D eigenvalue weighted by atomic mass is 10.1. The largest absolute Gasteiger partial charge is 0.243 e. The Morgan fingerprint density at radius 1 is 0.463 bits per heavy atom. The zero-order valence-electron chi connectivity index (χ0n) is 23.5. The van der Waals surface area contributed by atoms with Crippen LogP contribution in [0.25, 0.3) is 49.0 Å². The van der Waals surface area contributed by atoms with Gasteiger partial charge >= 0.3 is 0 Å². The van der Waals surface area contributed by atoms with E-state index in [0.717, 1.165) is 5.01 Å². The highest BCUT2D eigenvalue weighted by Gasteiger charge is 2.14. The number of nitrogens with zero attached hydrogens (tertiary/aromatic N) is 2. The van der Waals surface area contributed by atoms with E-state index in [9.17, 15) is 0 Å². The third-order valence-corrected chi connectivity index (χ3v) is 14.3. The lowest BCUT2D eigenvalue weighted by molar-refractivity contribution is 0.576. The van der Waals surface area contributed by atoms with Gasteiger partial charge in [0.25, 0.3) is 0 Å². The van der Waals surface area contributed by atoms with Gasteiger partial charge < -0.3 is 0 Å². The molecule has 6 heterocycles. The van der Waals surface area contributed by atoms with E-state index in [1.807, 2.05) is 62.9 Å². The summed E-state index contributed by atoms with van der Waals surface area (Å²) in [6.45, 7) is 4.40. The predicted octanol–water partition coefficient (Wildman–Crippen LogP) is 13.2. The summed E-state index contributed by atoms with van der Waals surface area (Å²) in [6.07, 6.45) is 16.2. The molecule has 2 nitrogen and oxygen atoms in total. The Hall–Kier alpha value is -1.94. The first kappa shape index (κ1) is 29.1. The van der Waals surface area contributed by atoms with Crippen molar-refractivity contribution >= 4 is 68.0 Å². The number of hydrogen-bond acceptors (Lipinski definition) is 8. The van der Waals surface area contributed by atoms with Crippen LogP contribution in [0.1, 0.15) is 68.0 Å². The van der Waals surface area contributed by atoms with Crippen molar-refractivity contribution in [3.63, 3.8) is 0 Å². The Bertz CT molecular complexity index is 1670. The average Bonchev–Trinajstić information content (AvgIpc) is 3.81. The van der Waals surface area contributed by atoms with Gasteiger partial charge in [0.15, 0.2) is 0 Å². The number of thiophene rings is 4. The summed E-state index contributed by atoms with van der Waals surface area (Å²) in [5.41, 5.74) is 0. The molecule has 0 aliphatic rings. The van der Waals surface area contributed by atoms with Crippen LogP contribution in [0.4, 0.5) is 0 Å². The van der Waals surface area contributed by atoms with Crippen LogP contribution in [0.15, 0.2) is 60.9 Å². The van der Waals surface area contributed by atoms with Gasteiger partial charge in [0, 0.05) is 51.4 Å². The smallest absolute Gasteiger partial charge is 0.133 e. The SMILES string of the molecule is CCCCCCCCCCc1cnc(-c2ccc(-c3ccc(-c4ccc(-c5ccc(-c6ncc(C)s6)s5)s4)s3)s2)s1. The molecule has 0 N–H and O–H groups in total. The molecular formula is C33H34N2S6. The summed E-state index contributed by atoms with van der Waals surface area (Å²) in [6, 6.07) is 18.0. The molecule has 0 atom stereocenters. The Morgan fingerprint density at radius 2 is 0.878 bits per heavy atom. The molecule has 0 amide bonds. The maximum Gasteiger partial charge on any atom is 0.133 e. The molecule has 8 heteroatoms. The van der Waals surface area contributed by atoms with Gasteiger partial charge in [-0.3, -0.25) is 0 Å². The number of unbranched alkanes of at least 4 members (excludes halogenated alkanes) is 7. The molecule has 0 spiro atoms. The minimum Gasteiger partial charge on any atom is -0.243 e. The Morgan fingerprint density at radius 3 is 1.37 bits per heavy atom. The highest BCUT2D eigenvalue weighted by molar-refractivity contribution is 7.30.